The Labute approximate surface area is 371 Å². The fourth-order valence-electron chi connectivity index (χ4n) is 6.75. The second kappa shape index (κ2) is 41.5. The molecule has 0 heterocycles. The Kier molecular flexibility index (Phi) is 37.5. The van der Waals surface area contributed by atoms with Gasteiger partial charge in [-0.05, 0) is 122 Å². The van der Waals surface area contributed by atoms with Crippen LogP contribution in [-0.2, 0) is 25.7 Å². The molecule has 0 aliphatic heterocycles. The van der Waals surface area contributed by atoms with Gasteiger partial charge < -0.3 is 29.3 Å². The number of carboxylic acid groups (broad SMARTS) is 2. The van der Waals surface area contributed by atoms with Gasteiger partial charge in [-0.2, -0.15) is 0 Å². The maximum atomic E-state index is 12.3. The molecule has 0 saturated heterocycles. The van der Waals surface area contributed by atoms with Gasteiger partial charge in [0.05, 0.1) is 19.6 Å². The molecule has 1 aromatic rings. The highest BCUT2D eigenvalue weighted by Gasteiger charge is 2.09. The molecular formula is C52H85NO8. The monoisotopic (exact) mass is 852 g/mol. The average Bonchev–Trinajstić information content (AvgIpc) is 3.23. The molecule has 0 aromatic heterocycles. The number of rotatable bonds is 43. The lowest BCUT2D eigenvalue weighted by atomic mass is 10.1. The van der Waals surface area contributed by atoms with Gasteiger partial charge in [0, 0.05) is 25.5 Å². The smallest absolute Gasteiger partial charge is 0.307 e. The van der Waals surface area contributed by atoms with Crippen molar-refractivity contribution in [3.8, 4) is 11.5 Å². The van der Waals surface area contributed by atoms with Crippen molar-refractivity contribution in [1.82, 2.24) is 4.90 Å². The molecule has 346 valence electrons. The van der Waals surface area contributed by atoms with E-state index in [0.717, 1.165) is 120 Å². The largest absolute Gasteiger partial charge is 0.493 e. The number of nitrogens with zero attached hydrogens (tertiary/aromatic N) is 1. The molecule has 0 atom stereocenters. The van der Waals surface area contributed by atoms with Crippen molar-refractivity contribution in [2.45, 2.75) is 193 Å². The Balaban J connectivity index is 2.24. The van der Waals surface area contributed by atoms with Crippen LogP contribution in [0.5, 0.6) is 11.5 Å². The Hall–Kier alpha value is -3.85. The first kappa shape index (κ1) is 55.2. The van der Waals surface area contributed by atoms with Gasteiger partial charge in [0.2, 0.25) is 0 Å². The van der Waals surface area contributed by atoms with Gasteiger partial charge in [-0.1, -0.05) is 126 Å². The molecule has 0 aliphatic carbocycles. The van der Waals surface area contributed by atoms with Crippen LogP contribution in [-0.4, -0.2) is 66.9 Å². The van der Waals surface area contributed by atoms with E-state index in [1.54, 1.807) is 0 Å². The summed E-state index contributed by atoms with van der Waals surface area (Å²) in [4.78, 5) is 35.4. The molecule has 0 unspecified atom stereocenters. The van der Waals surface area contributed by atoms with E-state index >= 15 is 0 Å². The van der Waals surface area contributed by atoms with Gasteiger partial charge in [0.1, 0.15) is 18.1 Å². The number of aliphatic carboxylic acids is 2. The first-order valence-corrected chi connectivity index (χ1v) is 24.0. The number of carbonyl (C=O) groups excluding carboxylic acids is 1. The molecular weight excluding hydrogens is 767 g/mol. The van der Waals surface area contributed by atoms with Crippen LogP contribution >= 0.6 is 0 Å². The number of carbonyl (C=O) groups is 3. The normalized spacial score (nSPS) is 11.9. The van der Waals surface area contributed by atoms with Crippen molar-refractivity contribution in [3.63, 3.8) is 0 Å². The minimum atomic E-state index is -0.690. The van der Waals surface area contributed by atoms with E-state index in [1.165, 1.54) is 64.2 Å². The highest BCUT2D eigenvalue weighted by atomic mass is 16.5. The van der Waals surface area contributed by atoms with Crippen LogP contribution in [0.3, 0.4) is 0 Å². The lowest BCUT2D eigenvalue weighted by Gasteiger charge is -2.13. The summed E-state index contributed by atoms with van der Waals surface area (Å²) in [7, 11) is 3.89. The summed E-state index contributed by atoms with van der Waals surface area (Å²) in [5.74, 6) is -0.0729. The Morgan fingerprint density at radius 2 is 0.836 bits per heavy atom. The summed E-state index contributed by atoms with van der Waals surface area (Å²) >= 11 is 0. The molecule has 0 amide bonds. The van der Waals surface area contributed by atoms with Crippen LogP contribution in [0, 0.1) is 0 Å². The van der Waals surface area contributed by atoms with Crippen LogP contribution in [0.1, 0.15) is 192 Å². The van der Waals surface area contributed by atoms with E-state index in [0.29, 0.717) is 39.0 Å². The third kappa shape index (κ3) is 40.0. The molecule has 9 nitrogen and oxygen atoms in total. The highest BCUT2D eigenvalue weighted by Crippen LogP contribution is 2.25. The number of hydrogen-bond acceptors (Lipinski definition) is 7. The third-order valence-electron chi connectivity index (χ3n) is 10.4. The number of ether oxygens (including phenoxy) is 3. The van der Waals surface area contributed by atoms with Crippen molar-refractivity contribution in [2.24, 2.45) is 0 Å². The zero-order valence-corrected chi connectivity index (χ0v) is 38.5. The topological polar surface area (TPSA) is 123 Å². The van der Waals surface area contributed by atoms with Gasteiger partial charge in [-0.25, -0.2) is 0 Å². The fraction of sp³-hybridized carbons (Fsp3) is 0.673. The van der Waals surface area contributed by atoms with Crippen molar-refractivity contribution >= 4 is 17.9 Å². The lowest BCUT2D eigenvalue weighted by molar-refractivity contribution is -0.145. The van der Waals surface area contributed by atoms with E-state index in [2.05, 4.69) is 48.6 Å². The maximum Gasteiger partial charge on any atom is 0.307 e. The van der Waals surface area contributed by atoms with E-state index < -0.39 is 11.9 Å². The maximum absolute atomic E-state index is 12.3. The zero-order valence-electron chi connectivity index (χ0n) is 38.5. The Morgan fingerprint density at radius 3 is 1.21 bits per heavy atom. The van der Waals surface area contributed by atoms with Crippen molar-refractivity contribution in [2.75, 3.05) is 33.9 Å². The summed E-state index contributed by atoms with van der Waals surface area (Å²) in [5, 5.41) is 17.4. The molecule has 0 aliphatic rings. The lowest BCUT2D eigenvalue weighted by Crippen LogP contribution is -2.17. The zero-order chi connectivity index (χ0) is 44.3. The SMILES string of the molecule is CN(C)CCC(=O)OCc1cc(OCCCCCCC/C=C\C/C=C\CCCCCCCC(=O)O)cc(OCCCCCCC/C=C\C/C=C\CCCCCCCC(=O)O)c1. The van der Waals surface area contributed by atoms with Gasteiger partial charge in [0.25, 0.3) is 0 Å². The summed E-state index contributed by atoms with van der Waals surface area (Å²) < 4.78 is 17.9. The molecule has 1 rings (SSSR count). The molecule has 0 bridgehead atoms. The van der Waals surface area contributed by atoms with Crippen LogP contribution in [0.4, 0.5) is 0 Å². The second-order valence-electron chi connectivity index (χ2n) is 16.6. The third-order valence-corrected chi connectivity index (χ3v) is 10.4. The van der Waals surface area contributed by atoms with Crippen molar-refractivity contribution in [1.29, 1.82) is 0 Å². The molecule has 1 aromatic carbocycles. The molecule has 0 spiro atoms. The molecule has 9 heteroatoms. The molecule has 0 radical (unpaired) electrons. The summed E-state index contributed by atoms with van der Waals surface area (Å²) in [6.45, 7) is 2.15. The van der Waals surface area contributed by atoms with Gasteiger partial charge in [-0.15, -0.1) is 0 Å². The summed E-state index contributed by atoms with van der Waals surface area (Å²) in [5.41, 5.74) is 0.876. The van der Waals surface area contributed by atoms with Gasteiger partial charge in [0.15, 0.2) is 0 Å². The fourth-order valence-corrected chi connectivity index (χ4v) is 6.75. The van der Waals surface area contributed by atoms with Crippen LogP contribution in [0.25, 0.3) is 0 Å². The van der Waals surface area contributed by atoms with Gasteiger partial charge >= 0.3 is 17.9 Å². The van der Waals surface area contributed by atoms with E-state index in [1.807, 2.05) is 37.2 Å². The van der Waals surface area contributed by atoms with Crippen molar-refractivity contribution < 1.29 is 38.8 Å². The average molecular weight is 852 g/mol. The van der Waals surface area contributed by atoms with Crippen molar-refractivity contribution in [3.05, 3.63) is 72.4 Å². The van der Waals surface area contributed by atoms with E-state index in [4.69, 9.17) is 24.4 Å². The molecule has 2 N–H and O–H groups in total. The first-order chi connectivity index (χ1) is 29.8. The predicted molar refractivity (Wildman–Crippen MR) is 252 cm³/mol. The number of allylic oxidation sites excluding steroid dienone is 8. The summed E-state index contributed by atoms with van der Waals surface area (Å²) in [6.07, 6.45) is 47.6. The Morgan fingerprint density at radius 1 is 0.475 bits per heavy atom. The standard InChI is InChI=1S/C52H85NO8/c1-53(2)40-39-52(58)61-46-47-43-48(59-41-35-31-27-23-19-15-11-7-3-5-9-13-17-21-25-29-33-37-50(54)55)45-49(44-47)60-42-36-32-28-24-20-16-12-8-4-6-10-14-18-22-26-30-34-38-51(56)57/h5-12,43-45H,3-4,13-42,46H2,1-2H3,(H,54,55)(H,56,57)/b9-5-,10-6-,11-7-,12-8-. The van der Waals surface area contributed by atoms with E-state index in [9.17, 15) is 14.4 Å². The van der Waals surface area contributed by atoms with Crippen LogP contribution in [0.15, 0.2) is 66.8 Å². The quantitative estimate of drug-likeness (QED) is 0.0375. The van der Waals surface area contributed by atoms with Gasteiger partial charge in [-0.3, -0.25) is 14.4 Å². The van der Waals surface area contributed by atoms with Crippen LogP contribution < -0.4 is 9.47 Å². The minimum absolute atomic E-state index is 0.201. The number of benzene rings is 1. The number of esters is 1. The number of hydrogen-bond donors (Lipinski definition) is 2. The molecule has 0 fully saturated rings. The van der Waals surface area contributed by atoms with Crippen LogP contribution in [0.2, 0.25) is 0 Å². The number of unbranched alkanes of at least 4 members (excludes halogenated alkanes) is 20. The second-order valence-corrected chi connectivity index (χ2v) is 16.6. The molecule has 61 heavy (non-hydrogen) atoms. The molecule has 0 saturated carbocycles. The summed E-state index contributed by atoms with van der Waals surface area (Å²) in [6, 6.07) is 5.88. The Bertz CT molecular complexity index is 1270. The first-order valence-electron chi connectivity index (χ1n) is 24.0. The highest BCUT2D eigenvalue weighted by molar-refractivity contribution is 5.69. The minimum Gasteiger partial charge on any atom is -0.493 e. The number of carboxylic acids is 2. The predicted octanol–water partition coefficient (Wildman–Crippen LogP) is 13.8. The van der Waals surface area contributed by atoms with E-state index in [-0.39, 0.29) is 12.6 Å².